The van der Waals surface area contributed by atoms with Crippen molar-refractivity contribution in [2.24, 2.45) is 0 Å². The summed E-state index contributed by atoms with van der Waals surface area (Å²) in [6, 6.07) is 12.0. The maximum atomic E-state index is 10.3. The van der Waals surface area contributed by atoms with Gasteiger partial charge in [0.05, 0.1) is 0 Å². The number of carboxylic acid groups (broad SMARTS) is 1. The van der Waals surface area contributed by atoms with Gasteiger partial charge in [-0.1, -0.05) is 133 Å². The first-order chi connectivity index (χ1) is 12.8. The molecule has 0 aliphatic heterocycles. The Morgan fingerprint density at radius 1 is 0.556 bits per heavy atom. The predicted octanol–water partition coefficient (Wildman–Crippen LogP) is 8.02. The third-order valence-electron chi connectivity index (χ3n) is 4.66. The van der Waals surface area contributed by atoms with E-state index in [1.165, 1.54) is 83.5 Å². The molecule has 0 heterocycles. The third-order valence-corrected chi connectivity index (χ3v) is 4.66. The normalized spacial score (nSPS) is 9.81. The van der Waals surface area contributed by atoms with Crippen LogP contribution in [0.3, 0.4) is 0 Å². The fourth-order valence-corrected chi connectivity index (χ4v) is 3.03. The molecule has 0 aliphatic rings. The van der Waals surface area contributed by atoms with E-state index in [1.807, 2.05) is 36.4 Å². The summed E-state index contributed by atoms with van der Waals surface area (Å²) in [4.78, 5) is 10.3. The number of unbranched alkanes of at least 4 members (excludes halogenated alkanes) is 14. The monoisotopic (exact) mass is 564 g/mol. The Hall–Kier alpha value is -0.375. The van der Waals surface area contributed by atoms with Crippen LogP contribution in [0.1, 0.15) is 110 Å². The van der Waals surface area contributed by atoms with Crippen LogP contribution in [0.25, 0.3) is 0 Å². The van der Waals surface area contributed by atoms with E-state index < -0.39 is 5.97 Å². The number of carbonyl (C=O) groups is 1. The summed E-state index contributed by atoms with van der Waals surface area (Å²) >= 11 is 0. The second kappa shape index (κ2) is 25.6. The molecular weight excluding hydrogens is 521 g/mol. The standard InChI is InChI=1S/C18H36O2.C6H6.Hg/c1-2-3-4-5-6-7-8-9-10-11-12-13-14-15-16-17-18(19)20;1-2-4-6-5-3-1;/h2-17H2,1H3,(H,19,20);1-6H;. The molecule has 0 spiro atoms. The predicted molar refractivity (Wildman–Crippen MR) is 114 cm³/mol. The molecule has 0 amide bonds. The van der Waals surface area contributed by atoms with E-state index in [1.54, 1.807) is 0 Å². The Bertz CT molecular complexity index is 355. The van der Waals surface area contributed by atoms with Gasteiger partial charge in [-0.05, 0) is 6.42 Å². The van der Waals surface area contributed by atoms with Gasteiger partial charge in [-0.2, -0.15) is 0 Å². The molecule has 0 radical (unpaired) electrons. The van der Waals surface area contributed by atoms with Crippen LogP contribution in [0.5, 0.6) is 0 Å². The van der Waals surface area contributed by atoms with Crippen LogP contribution < -0.4 is 0 Å². The summed E-state index contributed by atoms with van der Waals surface area (Å²) in [5.74, 6) is -0.653. The Morgan fingerprint density at radius 3 is 1.07 bits per heavy atom. The second-order valence-electron chi connectivity index (χ2n) is 7.25. The zero-order chi connectivity index (χ0) is 19.1. The molecule has 0 aromatic heterocycles. The molecule has 27 heavy (non-hydrogen) atoms. The van der Waals surface area contributed by atoms with E-state index in [9.17, 15) is 4.79 Å². The van der Waals surface area contributed by atoms with Crippen LogP contribution >= 0.6 is 0 Å². The summed E-state index contributed by atoms with van der Waals surface area (Å²) in [7, 11) is 0. The minimum Gasteiger partial charge on any atom is -0.481 e. The fraction of sp³-hybridized carbons (Fsp3) is 0.708. The first-order valence-corrected chi connectivity index (χ1v) is 11.0. The van der Waals surface area contributed by atoms with Crippen molar-refractivity contribution < 1.29 is 37.6 Å². The topological polar surface area (TPSA) is 37.3 Å². The Balaban J connectivity index is 0. The van der Waals surface area contributed by atoms with Crippen LogP contribution in [-0.4, -0.2) is 11.1 Å². The van der Waals surface area contributed by atoms with E-state index in [2.05, 4.69) is 6.92 Å². The number of hydrogen-bond donors (Lipinski definition) is 1. The van der Waals surface area contributed by atoms with Crippen molar-refractivity contribution >= 4 is 5.97 Å². The van der Waals surface area contributed by atoms with Gasteiger partial charge >= 0.3 is 5.97 Å². The van der Waals surface area contributed by atoms with Crippen LogP contribution in [0, 0.1) is 0 Å². The van der Waals surface area contributed by atoms with E-state index in [-0.39, 0.29) is 27.7 Å². The van der Waals surface area contributed by atoms with Gasteiger partial charge in [0.25, 0.3) is 0 Å². The molecule has 0 aliphatic carbocycles. The molecule has 0 bridgehead atoms. The van der Waals surface area contributed by atoms with Gasteiger partial charge in [-0.15, -0.1) is 0 Å². The van der Waals surface area contributed by atoms with E-state index in [4.69, 9.17) is 5.11 Å². The molecule has 1 aromatic carbocycles. The van der Waals surface area contributed by atoms with Gasteiger partial charge in [0.2, 0.25) is 0 Å². The molecule has 1 aromatic rings. The van der Waals surface area contributed by atoms with Crippen molar-refractivity contribution in [3.63, 3.8) is 0 Å². The average molecular weight is 563 g/mol. The van der Waals surface area contributed by atoms with E-state index in [0.717, 1.165) is 12.8 Å². The molecule has 0 fully saturated rings. The van der Waals surface area contributed by atoms with Gasteiger partial charge in [0.15, 0.2) is 0 Å². The van der Waals surface area contributed by atoms with Crippen LogP contribution in [0.4, 0.5) is 0 Å². The fourth-order valence-electron chi connectivity index (χ4n) is 3.03. The van der Waals surface area contributed by atoms with Crippen molar-refractivity contribution in [3.8, 4) is 0 Å². The summed E-state index contributed by atoms with van der Waals surface area (Å²) in [6.45, 7) is 2.27. The molecule has 1 rings (SSSR count). The first-order valence-electron chi connectivity index (χ1n) is 11.0. The van der Waals surface area contributed by atoms with Gasteiger partial charge in [0.1, 0.15) is 0 Å². The zero-order valence-corrected chi connectivity index (χ0v) is 23.3. The van der Waals surface area contributed by atoms with Crippen molar-refractivity contribution in [2.75, 3.05) is 0 Å². The van der Waals surface area contributed by atoms with Crippen LogP contribution in [0.2, 0.25) is 0 Å². The third kappa shape index (κ3) is 27.9. The van der Waals surface area contributed by atoms with E-state index >= 15 is 0 Å². The molecule has 0 unspecified atom stereocenters. The maximum absolute atomic E-state index is 10.3. The number of aliphatic carboxylic acids is 1. The Labute approximate surface area is 189 Å². The van der Waals surface area contributed by atoms with Crippen molar-refractivity contribution in [1.82, 2.24) is 0 Å². The van der Waals surface area contributed by atoms with Gasteiger partial charge in [-0.25, -0.2) is 0 Å². The van der Waals surface area contributed by atoms with Crippen LogP contribution in [0.15, 0.2) is 36.4 Å². The molecule has 1 N–H and O–H groups in total. The average Bonchev–Trinajstić information content (AvgIpc) is 2.66. The smallest absolute Gasteiger partial charge is 0.303 e. The van der Waals surface area contributed by atoms with Crippen LogP contribution in [-0.2, 0) is 32.5 Å². The minimum atomic E-state index is -0.653. The van der Waals surface area contributed by atoms with Gasteiger partial charge in [0, 0.05) is 34.1 Å². The zero-order valence-electron chi connectivity index (χ0n) is 17.8. The molecule has 0 saturated carbocycles. The maximum Gasteiger partial charge on any atom is 0.303 e. The molecule has 0 saturated heterocycles. The molecule has 0 atom stereocenters. The van der Waals surface area contributed by atoms with Gasteiger partial charge in [-0.3, -0.25) is 4.79 Å². The Kier molecular flexibility index (Phi) is 27.4. The van der Waals surface area contributed by atoms with Crippen molar-refractivity contribution in [1.29, 1.82) is 0 Å². The Morgan fingerprint density at radius 2 is 0.815 bits per heavy atom. The van der Waals surface area contributed by atoms with Gasteiger partial charge < -0.3 is 5.11 Å². The quantitative estimate of drug-likeness (QED) is 0.164. The molecular formula is C24H42HgO2. The SMILES string of the molecule is CCCCCCCCCCCCCCCCCC(=O)O.[Hg].c1ccccc1. The molecule has 152 valence electrons. The van der Waals surface area contributed by atoms with Crippen molar-refractivity contribution in [3.05, 3.63) is 36.4 Å². The molecule has 3 heteroatoms. The summed E-state index contributed by atoms with van der Waals surface area (Å²) < 4.78 is 0. The number of benzene rings is 1. The first kappa shape index (κ1) is 28.8. The number of rotatable bonds is 16. The molecule has 2 nitrogen and oxygen atoms in total. The summed E-state index contributed by atoms with van der Waals surface area (Å²) in [6.07, 6.45) is 20.2. The second-order valence-corrected chi connectivity index (χ2v) is 7.25. The number of carboxylic acids is 1. The van der Waals surface area contributed by atoms with Crippen molar-refractivity contribution in [2.45, 2.75) is 110 Å². The minimum absolute atomic E-state index is 0. The summed E-state index contributed by atoms with van der Waals surface area (Å²) in [5.41, 5.74) is 0. The summed E-state index contributed by atoms with van der Waals surface area (Å²) in [5, 5.41) is 8.52. The largest absolute Gasteiger partial charge is 0.481 e. The van der Waals surface area contributed by atoms with E-state index in [0.29, 0.717) is 6.42 Å². The number of hydrogen-bond acceptors (Lipinski definition) is 1.